The van der Waals surface area contributed by atoms with Crippen LogP contribution in [-0.4, -0.2) is 48.9 Å². The highest BCUT2D eigenvalue weighted by atomic mass is 16.2. The first-order chi connectivity index (χ1) is 10.2. The zero-order valence-electron chi connectivity index (χ0n) is 12.2. The zero-order valence-corrected chi connectivity index (χ0v) is 12.2. The maximum atomic E-state index is 12.3. The molecule has 1 unspecified atom stereocenters. The van der Waals surface area contributed by atoms with Crippen molar-refractivity contribution >= 4 is 11.8 Å². The van der Waals surface area contributed by atoms with Crippen LogP contribution in [0.4, 0.5) is 0 Å². The van der Waals surface area contributed by atoms with Crippen LogP contribution in [0.15, 0.2) is 30.3 Å². The maximum absolute atomic E-state index is 12.3. The number of quaternary nitrogens is 1. The van der Waals surface area contributed by atoms with E-state index in [4.69, 9.17) is 0 Å². The Balaban J connectivity index is 1.49. The van der Waals surface area contributed by atoms with Gasteiger partial charge in [-0.25, -0.2) is 0 Å². The molecule has 5 nitrogen and oxygen atoms in total. The van der Waals surface area contributed by atoms with Gasteiger partial charge in [-0.15, -0.1) is 0 Å². The van der Waals surface area contributed by atoms with Gasteiger partial charge in [0.2, 0.25) is 11.8 Å². The van der Waals surface area contributed by atoms with E-state index in [0.717, 1.165) is 32.7 Å². The molecular weight excluding hydrogens is 266 g/mol. The molecule has 1 aromatic rings. The van der Waals surface area contributed by atoms with Crippen molar-refractivity contribution in [3.8, 4) is 0 Å². The molecule has 0 spiro atoms. The van der Waals surface area contributed by atoms with Gasteiger partial charge < -0.3 is 15.1 Å². The van der Waals surface area contributed by atoms with Crippen LogP contribution in [0.3, 0.4) is 0 Å². The third-order valence-electron chi connectivity index (χ3n) is 4.37. The Bertz CT molecular complexity index is 510. The highest BCUT2D eigenvalue weighted by molar-refractivity contribution is 5.90. The third-order valence-corrected chi connectivity index (χ3v) is 4.37. The lowest BCUT2D eigenvalue weighted by atomic mass is 10.1. The van der Waals surface area contributed by atoms with Gasteiger partial charge in [0.25, 0.3) is 0 Å². The minimum Gasteiger partial charge on any atom is -0.344 e. The Morgan fingerprint density at radius 2 is 1.95 bits per heavy atom. The summed E-state index contributed by atoms with van der Waals surface area (Å²) in [5.74, 6) is 0.0984. The Labute approximate surface area is 124 Å². The van der Waals surface area contributed by atoms with Gasteiger partial charge in [0.05, 0.1) is 26.2 Å². The number of rotatable bonds is 3. The fraction of sp³-hybridized carbons (Fsp3) is 0.500. The van der Waals surface area contributed by atoms with E-state index < -0.39 is 0 Å². The van der Waals surface area contributed by atoms with E-state index in [-0.39, 0.29) is 17.9 Å². The zero-order chi connectivity index (χ0) is 14.7. The summed E-state index contributed by atoms with van der Waals surface area (Å²) in [6.07, 6.45) is 1.13. The number of nitrogens with one attached hydrogen (secondary N) is 2. The van der Waals surface area contributed by atoms with Crippen LogP contribution in [0.1, 0.15) is 18.4 Å². The van der Waals surface area contributed by atoms with Crippen molar-refractivity contribution in [3.05, 3.63) is 35.9 Å². The fourth-order valence-electron chi connectivity index (χ4n) is 3.12. The number of hydrogen-bond acceptors (Lipinski definition) is 2. The van der Waals surface area contributed by atoms with Gasteiger partial charge in [-0.2, -0.15) is 0 Å². The van der Waals surface area contributed by atoms with E-state index in [1.165, 1.54) is 10.5 Å². The molecule has 2 fully saturated rings. The Morgan fingerprint density at radius 1 is 1.24 bits per heavy atom. The van der Waals surface area contributed by atoms with E-state index in [2.05, 4.69) is 29.6 Å². The van der Waals surface area contributed by atoms with Gasteiger partial charge in [-0.1, -0.05) is 30.3 Å². The van der Waals surface area contributed by atoms with Gasteiger partial charge in [-0.05, 0) is 6.42 Å². The predicted octanol–water partition coefficient (Wildman–Crippen LogP) is -0.808. The normalized spacial score (nSPS) is 23.1. The van der Waals surface area contributed by atoms with Gasteiger partial charge in [0, 0.05) is 12.0 Å². The van der Waals surface area contributed by atoms with Crippen molar-refractivity contribution in [1.29, 1.82) is 0 Å². The van der Waals surface area contributed by atoms with Crippen LogP contribution in [-0.2, 0) is 16.1 Å². The van der Waals surface area contributed by atoms with Crippen molar-refractivity contribution in [2.45, 2.75) is 25.4 Å². The van der Waals surface area contributed by atoms with Crippen molar-refractivity contribution in [3.63, 3.8) is 0 Å². The summed E-state index contributed by atoms with van der Waals surface area (Å²) in [6.45, 7) is 4.53. The fourth-order valence-corrected chi connectivity index (χ4v) is 3.12. The summed E-state index contributed by atoms with van der Waals surface area (Å²) in [4.78, 5) is 26.9. The standard InChI is InChI=1S/C16H21N3O2/c20-15-7-6-14(17-15)16(21)19-10-8-18(9-11-19)12-13-4-2-1-3-5-13/h1-5,14H,6-12H2,(H,17,20)/p+1. The quantitative estimate of drug-likeness (QED) is 0.764. The second kappa shape index (κ2) is 6.26. The van der Waals surface area contributed by atoms with Crippen LogP contribution in [0.2, 0.25) is 0 Å². The Kier molecular flexibility index (Phi) is 4.20. The molecule has 2 amide bonds. The summed E-state index contributed by atoms with van der Waals surface area (Å²) in [5, 5.41) is 2.77. The molecule has 2 aliphatic rings. The summed E-state index contributed by atoms with van der Waals surface area (Å²) in [5.41, 5.74) is 1.34. The van der Waals surface area contributed by atoms with Crippen molar-refractivity contribution in [2.24, 2.45) is 0 Å². The first-order valence-corrected chi connectivity index (χ1v) is 7.68. The molecule has 0 bridgehead atoms. The molecule has 0 aromatic heterocycles. The second-order valence-corrected chi connectivity index (χ2v) is 5.90. The predicted molar refractivity (Wildman–Crippen MR) is 78.6 cm³/mol. The Hall–Kier alpha value is -1.88. The first-order valence-electron chi connectivity index (χ1n) is 7.68. The van der Waals surface area contributed by atoms with E-state index in [1.807, 2.05) is 11.0 Å². The van der Waals surface area contributed by atoms with Gasteiger partial charge in [-0.3, -0.25) is 9.59 Å². The highest BCUT2D eigenvalue weighted by Gasteiger charge is 2.33. The molecule has 0 radical (unpaired) electrons. The molecule has 5 heteroatoms. The molecular formula is C16H22N3O2+. The summed E-state index contributed by atoms with van der Waals surface area (Å²) in [6, 6.07) is 10.2. The molecule has 1 atom stereocenters. The number of benzene rings is 1. The third kappa shape index (κ3) is 3.42. The molecule has 112 valence electrons. The molecule has 2 N–H and O–H groups in total. The monoisotopic (exact) mass is 288 g/mol. The van der Waals surface area contributed by atoms with Crippen molar-refractivity contribution in [2.75, 3.05) is 26.2 Å². The Morgan fingerprint density at radius 3 is 2.57 bits per heavy atom. The SMILES string of the molecule is O=C1CCC(C(=O)N2CC[NH+](Cc3ccccc3)CC2)N1. The lowest BCUT2D eigenvalue weighted by molar-refractivity contribution is -0.917. The number of piperazine rings is 1. The topological polar surface area (TPSA) is 53.9 Å². The molecule has 21 heavy (non-hydrogen) atoms. The lowest BCUT2D eigenvalue weighted by Gasteiger charge is -2.33. The molecule has 0 aliphatic carbocycles. The summed E-state index contributed by atoms with van der Waals surface area (Å²) < 4.78 is 0. The minimum absolute atomic E-state index is 0.00156. The smallest absolute Gasteiger partial charge is 0.245 e. The molecule has 3 rings (SSSR count). The molecule has 2 heterocycles. The number of amides is 2. The van der Waals surface area contributed by atoms with Gasteiger partial charge in [0.15, 0.2) is 0 Å². The number of carbonyl (C=O) groups excluding carboxylic acids is 2. The largest absolute Gasteiger partial charge is 0.344 e. The van der Waals surface area contributed by atoms with Crippen LogP contribution >= 0.6 is 0 Å². The average molecular weight is 288 g/mol. The molecule has 0 saturated carbocycles. The van der Waals surface area contributed by atoms with Gasteiger partial charge >= 0.3 is 0 Å². The summed E-state index contributed by atoms with van der Waals surface area (Å²) in [7, 11) is 0. The van der Waals surface area contributed by atoms with Crippen LogP contribution in [0.5, 0.6) is 0 Å². The molecule has 1 aromatic carbocycles. The second-order valence-electron chi connectivity index (χ2n) is 5.90. The van der Waals surface area contributed by atoms with Crippen LogP contribution in [0, 0.1) is 0 Å². The van der Waals surface area contributed by atoms with Crippen molar-refractivity contribution in [1.82, 2.24) is 10.2 Å². The van der Waals surface area contributed by atoms with E-state index in [0.29, 0.717) is 12.8 Å². The first kappa shape index (κ1) is 14.1. The highest BCUT2D eigenvalue weighted by Crippen LogP contribution is 2.10. The molecule has 2 saturated heterocycles. The minimum atomic E-state index is -0.284. The van der Waals surface area contributed by atoms with Crippen LogP contribution in [0.25, 0.3) is 0 Å². The van der Waals surface area contributed by atoms with E-state index in [9.17, 15) is 9.59 Å². The lowest BCUT2D eigenvalue weighted by Crippen LogP contribution is -3.13. The number of carbonyl (C=O) groups is 2. The number of nitrogens with zero attached hydrogens (tertiary/aromatic N) is 1. The number of hydrogen-bond donors (Lipinski definition) is 2. The van der Waals surface area contributed by atoms with Crippen LogP contribution < -0.4 is 10.2 Å². The summed E-state index contributed by atoms with van der Waals surface area (Å²) >= 11 is 0. The maximum Gasteiger partial charge on any atom is 0.245 e. The van der Waals surface area contributed by atoms with Gasteiger partial charge in [0.1, 0.15) is 12.6 Å². The van der Waals surface area contributed by atoms with E-state index >= 15 is 0 Å². The van der Waals surface area contributed by atoms with E-state index in [1.54, 1.807) is 0 Å². The average Bonchev–Trinajstić information content (AvgIpc) is 2.95. The molecule has 2 aliphatic heterocycles. The van der Waals surface area contributed by atoms with Crippen molar-refractivity contribution < 1.29 is 14.5 Å².